The van der Waals surface area contributed by atoms with E-state index in [2.05, 4.69) is 5.16 Å². The van der Waals surface area contributed by atoms with Crippen molar-refractivity contribution in [1.82, 2.24) is 0 Å². The third-order valence-corrected chi connectivity index (χ3v) is 2.03. The maximum absolute atomic E-state index is 8.68. The van der Waals surface area contributed by atoms with Crippen molar-refractivity contribution in [2.75, 3.05) is 6.61 Å². The quantitative estimate of drug-likeness (QED) is 0.486. The average Bonchev–Trinajstić information content (AvgIpc) is 2.29. The molecule has 0 radical (unpaired) electrons. The molecule has 3 nitrogen and oxygen atoms in total. The fourth-order valence-corrected chi connectivity index (χ4v) is 1.19. The maximum atomic E-state index is 8.68. The summed E-state index contributed by atoms with van der Waals surface area (Å²) < 4.78 is 5.44. The molecule has 80 valence electrons. The van der Waals surface area contributed by atoms with Crippen LogP contribution in [0, 0.1) is 0 Å². The molecule has 0 aliphatic carbocycles. The van der Waals surface area contributed by atoms with E-state index in [1.54, 1.807) is 13.0 Å². The molecule has 0 amide bonds. The monoisotopic (exact) mass is 225 g/mol. The molecule has 0 spiro atoms. The molecule has 1 aromatic rings. The van der Waals surface area contributed by atoms with Gasteiger partial charge in [-0.3, -0.25) is 0 Å². The van der Waals surface area contributed by atoms with E-state index in [-0.39, 0.29) is 0 Å². The third kappa shape index (κ3) is 3.29. The van der Waals surface area contributed by atoms with Gasteiger partial charge < -0.3 is 9.94 Å². The van der Waals surface area contributed by atoms with E-state index >= 15 is 0 Å². The summed E-state index contributed by atoms with van der Waals surface area (Å²) in [5.41, 5.74) is 2.68. The standard InChI is InChI=1S/C11H12ClNO2/c1-9(13-14)10-5-2-3-6-11(10)15-8-4-7-12/h2-7,14H,8H2,1H3/b7-4+,13-9+. The third-order valence-electron chi connectivity index (χ3n) is 1.85. The van der Waals surface area contributed by atoms with Gasteiger partial charge in [0.05, 0.1) is 5.71 Å². The lowest BCUT2D eigenvalue weighted by atomic mass is 10.1. The van der Waals surface area contributed by atoms with Crippen LogP contribution < -0.4 is 4.74 Å². The fourth-order valence-electron chi connectivity index (χ4n) is 1.12. The van der Waals surface area contributed by atoms with Crippen LogP contribution in [-0.4, -0.2) is 17.5 Å². The van der Waals surface area contributed by atoms with E-state index < -0.39 is 0 Å². The van der Waals surface area contributed by atoms with Crippen molar-refractivity contribution in [1.29, 1.82) is 0 Å². The SMILES string of the molecule is C/C(=N\O)c1ccccc1OC/C=C/Cl. The Kier molecular flexibility index (Phi) is 4.71. The highest BCUT2D eigenvalue weighted by atomic mass is 35.5. The van der Waals surface area contributed by atoms with E-state index in [1.807, 2.05) is 24.3 Å². The van der Waals surface area contributed by atoms with Crippen molar-refractivity contribution >= 4 is 17.3 Å². The molecule has 4 heteroatoms. The van der Waals surface area contributed by atoms with E-state index in [0.717, 1.165) is 5.56 Å². The van der Waals surface area contributed by atoms with Gasteiger partial charge in [-0.1, -0.05) is 28.9 Å². The van der Waals surface area contributed by atoms with Crippen LogP contribution >= 0.6 is 11.6 Å². The molecule has 0 fully saturated rings. The molecular formula is C11H12ClNO2. The van der Waals surface area contributed by atoms with Gasteiger partial charge in [-0.15, -0.1) is 0 Å². The number of ether oxygens (including phenoxy) is 1. The van der Waals surface area contributed by atoms with Crippen LogP contribution in [0.3, 0.4) is 0 Å². The van der Waals surface area contributed by atoms with Crippen LogP contribution in [0.2, 0.25) is 0 Å². The van der Waals surface area contributed by atoms with Crippen molar-refractivity contribution in [2.24, 2.45) is 5.16 Å². The van der Waals surface area contributed by atoms with E-state index in [1.165, 1.54) is 5.54 Å². The first kappa shape index (κ1) is 11.6. The number of oxime groups is 1. The van der Waals surface area contributed by atoms with Gasteiger partial charge in [0.1, 0.15) is 12.4 Å². The molecule has 1 aromatic carbocycles. The van der Waals surface area contributed by atoms with Crippen LogP contribution in [0.4, 0.5) is 0 Å². The van der Waals surface area contributed by atoms with Gasteiger partial charge in [-0.2, -0.15) is 0 Å². The Morgan fingerprint density at radius 2 is 2.27 bits per heavy atom. The molecule has 15 heavy (non-hydrogen) atoms. The summed E-state index contributed by atoms with van der Waals surface area (Å²) in [6.07, 6.45) is 1.68. The molecule has 0 bridgehead atoms. The van der Waals surface area contributed by atoms with Crippen LogP contribution in [0.1, 0.15) is 12.5 Å². The van der Waals surface area contributed by atoms with Gasteiger partial charge in [-0.05, 0) is 25.1 Å². The van der Waals surface area contributed by atoms with Gasteiger partial charge in [0, 0.05) is 11.1 Å². The van der Waals surface area contributed by atoms with Crippen molar-refractivity contribution in [2.45, 2.75) is 6.92 Å². The topological polar surface area (TPSA) is 41.8 Å². The van der Waals surface area contributed by atoms with Gasteiger partial charge in [0.15, 0.2) is 0 Å². The zero-order valence-electron chi connectivity index (χ0n) is 8.35. The first-order valence-electron chi connectivity index (χ1n) is 4.45. The summed E-state index contributed by atoms with van der Waals surface area (Å²) in [5, 5.41) is 11.8. The minimum atomic E-state index is 0.388. The number of rotatable bonds is 4. The maximum Gasteiger partial charge on any atom is 0.128 e. The number of benzene rings is 1. The first-order chi connectivity index (χ1) is 7.29. The van der Waals surface area contributed by atoms with Gasteiger partial charge in [0.2, 0.25) is 0 Å². The minimum absolute atomic E-state index is 0.388. The van der Waals surface area contributed by atoms with E-state index in [0.29, 0.717) is 18.1 Å². The fraction of sp³-hybridized carbons (Fsp3) is 0.182. The second kappa shape index (κ2) is 6.09. The highest BCUT2D eigenvalue weighted by Gasteiger charge is 2.05. The normalized spacial score (nSPS) is 12.0. The van der Waals surface area contributed by atoms with Crippen molar-refractivity contribution in [3.8, 4) is 5.75 Å². The van der Waals surface area contributed by atoms with Gasteiger partial charge in [-0.25, -0.2) is 0 Å². The predicted octanol–water partition coefficient (Wildman–Crippen LogP) is 3.02. The molecule has 0 aromatic heterocycles. The van der Waals surface area contributed by atoms with Crippen molar-refractivity contribution in [3.05, 3.63) is 41.4 Å². The summed E-state index contributed by atoms with van der Waals surface area (Å²) >= 11 is 5.37. The lowest BCUT2D eigenvalue weighted by Gasteiger charge is -2.08. The summed E-state index contributed by atoms with van der Waals surface area (Å²) in [6, 6.07) is 7.35. The van der Waals surface area contributed by atoms with Crippen LogP contribution in [0.25, 0.3) is 0 Å². The number of hydrogen-bond acceptors (Lipinski definition) is 3. The Morgan fingerprint density at radius 1 is 1.53 bits per heavy atom. The highest BCUT2D eigenvalue weighted by Crippen LogP contribution is 2.18. The summed E-state index contributed by atoms with van der Waals surface area (Å²) in [6.45, 7) is 2.10. The molecule has 0 saturated carbocycles. The summed E-state index contributed by atoms with van der Waals surface area (Å²) in [5.74, 6) is 0.669. The van der Waals surface area contributed by atoms with Crippen LogP contribution in [0.5, 0.6) is 5.75 Å². The van der Waals surface area contributed by atoms with Gasteiger partial charge >= 0.3 is 0 Å². The molecule has 0 aliphatic heterocycles. The average molecular weight is 226 g/mol. The predicted molar refractivity (Wildman–Crippen MR) is 60.9 cm³/mol. The second-order valence-electron chi connectivity index (χ2n) is 2.85. The second-order valence-corrected chi connectivity index (χ2v) is 3.11. The Labute approximate surface area is 93.6 Å². The van der Waals surface area contributed by atoms with Crippen molar-refractivity contribution < 1.29 is 9.94 Å². The summed E-state index contributed by atoms with van der Waals surface area (Å²) in [4.78, 5) is 0. The minimum Gasteiger partial charge on any atom is -0.489 e. The number of hydrogen-bond donors (Lipinski definition) is 1. The zero-order valence-corrected chi connectivity index (χ0v) is 9.11. The molecule has 0 aliphatic rings. The number of para-hydroxylation sites is 1. The Bertz CT molecular complexity index is 375. The lowest BCUT2D eigenvalue weighted by Crippen LogP contribution is -2.01. The molecule has 1 N–H and O–H groups in total. The van der Waals surface area contributed by atoms with Crippen LogP contribution in [-0.2, 0) is 0 Å². The highest BCUT2D eigenvalue weighted by molar-refractivity contribution is 6.25. The first-order valence-corrected chi connectivity index (χ1v) is 4.89. The smallest absolute Gasteiger partial charge is 0.128 e. The molecule has 1 rings (SSSR count). The molecule has 0 unspecified atom stereocenters. The molecular weight excluding hydrogens is 214 g/mol. The van der Waals surface area contributed by atoms with E-state index in [9.17, 15) is 0 Å². The summed E-state index contributed by atoms with van der Waals surface area (Å²) in [7, 11) is 0. The Morgan fingerprint density at radius 3 is 2.93 bits per heavy atom. The molecule has 0 atom stereocenters. The zero-order chi connectivity index (χ0) is 11.1. The number of halogens is 1. The molecule has 0 saturated heterocycles. The van der Waals surface area contributed by atoms with Crippen LogP contribution in [0.15, 0.2) is 41.0 Å². The largest absolute Gasteiger partial charge is 0.489 e. The van der Waals surface area contributed by atoms with Gasteiger partial charge in [0.25, 0.3) is 0 Å². The Balaban J connectivity index is 2.86. The Hall–Kier alpha value is -1.48. The lowest BCUT2D eigenvalue weighted by molar-refractivity contribution is 0.318. The van der Waals surface area contributed by atoms with Crippen molar-refractivity contribution in [3.63, 3.8) is 0 Å². The number of nitrogens with zero attached hydrogens (tertiary/aromatic N) is 1. The van der Waals surface area contributed by atoms with E-state index in [4.69, 9.17) is 21.5 Å². The molecule has 0 heterocycles.